The van der Waals surface area contributed by atoms with Crippen molar-refractivity contribution in [1.82, 2.24) is 4.90 Å². The third-order valence-corrected chi connectivity index (χ3v) is 4.35. The molecule has 19 heavy (non-hydrogen) atoms. The minimum Gasteiger partial charge on any atom is -0.445 e. The fourth-order valence-corrected chi connectivity index (χ4v) is 2.68. The van der Waals surface area contributed by atoms with E-state index in [0.29, 0.717) is 12.5 Å². The minimum atomic E-state index is -0.183. The zero-order chi connectivity index (χ0) is 13.9. The topological polar surface area (TPSA) is 29.5 Å². The van der Waals surface area contributed by atoms with Gasteiger partial charge in [-0.3, -0.25) is 0 Å². The fraction of sp³-hybridized carbons (Fsp3) is 0.562. The van der Waals surface area contributed by atoms with Crippen molar-refractivity contribution in [2.24, 2.45) is 5.92 Å². The van der Waals surface area contributed by atoms with E-state index < -0.39 is 0 Å². The minimum absolute atomic E-state index is 0.0617. The van der Waals surface area contributed by atoms with E-state index >= 15 is 0 Å². The summed E-state index contributed by atoms with van der Waals surface area (Å²) in [5.41, 5.74) is 0.967. The van der Waals surface area contributed by atoms with E-state index in [0.717, 1.165) is 24.9 Å². The zero-order valence-electron chi connectivity index (χ0n) is 12.1. The van der Waals surface area contributed by atoms with E-state index in [1.165, 1.54) is 0 Å². The standard InChI is InChI=1S/C16H23NO2/c1-13(2)16(3)10-7-11-17(16)15(18)19-12-14-8-5-4-6-9-14/h4-6,8-9,13H,7,10-12H2,1-3H3. The lowest BCUT2D eigenvalue weighted by Crippen LogP contribution is -2.48. The van der Waals surface area contributed by atoms with Gasteiger partial charge >= 0.3 is 6.09 Å². The fourth-order valence-electron chi connectivity index (χ4n) is 2.68. The molecule has 104 valence electrons. The van der Waals surface area contributed by atoms with Gasteiger partial charge < -0.3 is 9.64 Å². The van der Waals surface area contributed by atoms with Crippen LogP contribution < -0.4 is 0 Å². The lowest BCUT2D eigenvalue weighted by atomic mass is 9.86. The summed E-state index contributed by atoms with van der Waals surface area (Å²) in [7, 11) is 0. The second kappa shape index (κ2) is 5.64. The predicted octanol–water partition coefficient (Wildman–Crippen LogP) is 3.83. The Morgan fingerprint density at radius 2 is 2.05 bits per heavy atom. The third kappa shape index (κ3) is 2.91. The van der Waals surface area contributed by atoms with Gasteiger partial charge in [0, 0.05) is 12.1 Å². The summed E-state index contributed by atoms with van der Waals surface area (Å²) in [6.45, 7) is 7.66. The Labute approximate surface area is 115 Å². The van der Waals surface area contributed by atoms with Crippen molar-refractivity contribution in [3.8, 4) is 0 Å². The molecule has 1 aliphatic heterocycles. The number of hydrogen-bond donors (Lipinski definition) is 0. The number of carbonyl (C=O) groups excluding carboxylic acids is 1. The number of benzene rings is 1. The highest BCUT2D eigenvalue weighted by Crippen LogP contribution is 2.35. The molecule has 0 aliphatic carbocycles. The van der Waals surface area contributed by atoms with Crippen molar-refractivity contribution in [1.29, 1.82) is 0 Å². The van der Waals surface area contributed by atoms with E-state index in [1.807, 2.05) is 35.2 Å². The number of amides is 1. The molecule has 1 aromatic carbocycles. The maximum atomic E-state index is 12.2. The monoisotopic (exact) mass is 261 g/mol. The van der Waals surface area contributed by atoms with Gasteiger partial charge in [0.05, 0.1) is 0 Å². The highest BCUT2D eigenvalue weighted by Gasteiger charge is 2.42. The summed E-state index contributed by atoms with van der Waals surface area (Å²) in [4.78, 5) is 14.1. The number of ether oxygens (including phenoxy) is 1. The van der Waals surface area contributed by atoms with Crippen LogP contribution >= 0.6 is 0 Å². The number of carbonyl (C=O) groups is 1. The highest BCUT2D eigenvalue weighted by molar-refractivity contribution is 5.69. The predicted molar refractivity (Wildman–Crippen MR) is 75.8 cm³/mol. The molecular formula is C16H23NO2. The Morgan fingerprint density at radius 1 is 1.37 bits per heavy atom. The van der Waals surface area contributed by atoms with Gasteiger partial charge in [-0.2, -0.15) is 0 Å². The van der Waals surface area contributed by atoms with Crippen LogP contribution in [0.1, 0.15) is 39.2 Å². The van der Waals surface area contributed by atoms with Gasteiger partial charge in [-0.15, -0.1) is 0 Å². The Kier molecular flexibility index (Phi) is 4.13. The van der Waals surface area contributed by atoms with Gasteiger partial charge in [-0.25, -0.2) is 4.79 Å². The van der Waals surface area contributed by atoms with Crippen molar-refractivity contribution < 1.29 is 9.53 Å². The summed E-state index contributed by atoms with van der Waals surface area (Å²) in [6, 6.07) is 9.81. The number of rotatable bonds is 3. The molecule has 1 aliphatic rings. The van der Waals surface area contributed by atoms with Crippen LogP contribution in [-0.4, -0.2) is 23.1 Å². The molecule has 3 heteroatoms. The summed E-state index contributed by atoms with van der Waals surface area (Å²) in [5.74, 6) is 0.444. The quantitative estimate of drug-likeness (QED) is 0.827. The second-order valence-electron chi connectivity index (χ2n) is 5.81. The van der Waals surface area contributed by atoms with Crippen LogP contribution in [0.5, 0.6) is 0 Å². The average molecular weight is 261 g/mol. The first-order valence-electron chi connectivity index (χ1n) is 7.02. The van der Waals surface area contributed by atoms with E-state index in [1.54, 1.807) is 0 Å². The van der Waals surface area contributed by atoms with E-state index in [9.17, 15) is 4.79 Å². The lowest BCUT2D eigenvalue weighted by Gasteiger charge is -2.38. The molecule has 0 aromatic heterocycles. The first kappa shape index (κ1) is 13.9. The van der Waals surface area contributed by atoms with E-state index in [-0.39, 0.29) is 11.6 Å². The lowest BCUT2D eigenvalue weighted by molar-refractivity contribution is 0.0539. The molecular weight excluding hydrogens is 238 g/mol. The Balaban J connectivity index is 1.96. The Hall–Kier alpha value is -1.51. The Bertz CT molecular complexity index is 430. The van der Waals surface area contributed by atoms with Crippen LogP contribution in [0.2, 0.25) is 0 Å². The number of nitrogens with zero attached hydrogens (tertiary/aromatic N) is 1. The first-order chi connectivity index (χ1) is 9.04. The molecule has 1 heterocycles. The molecule has 0 radical (unpaired) electrons. The normalized spacial score (nSPS) is 22.8. The molecule has 0 spiro atoms. The van der Waals surface area contributed by atoms with Crippen LogP contribution in [0.15, 0.2) is 30.3 Å². The van der Waals surface area contributed by atoms with Crippen molar-refractivity contribution in [3.63, 3.8) is 0 Å². The molecule has 1 amide bonds. The van der Waals surface area contributed by atoms with Crippen molar-refractivity contribution in [3.05, 3.63) is 35.9 Å². The van der Waals surface area contributed by atoms with Gasteiger partial charge in [-0.05, 0) is 31.2 Å². The van der Waals surface area contributed by atoms with Gasteiger partial charge in [0.15, 0.2) is 0 Å². The summed E-state index contributed by atoms with van der Waals surface area (Å²) >= 11 is 0. The maximum absolute atomic E-state index is 12.2. The Morgan fingerprint density at radius 3 is 2.68 bits per heavy atom. The summed E-state index contributed by atoms with van der Waals surface area (Å²) in [5, 5.41) is 0. The molecule has 1 saturated heterocycles. The first-order valence-corrected chi connectivity index (χ1v) is 7.02. The van der Waals surface area contributed by atoms with E-state index in [4.69, 9.17) is 4.74 Å². The number of hydrogen-bond acceptors (Lipinski definition) is 2. The average Bonchev–Trinajstić information content (AvgIpc) is 2.81. The van der Waals surface area contributed by atoms with Gasteiger partial charge in [0.1, 0.15) is 6.61 Å². The number of likely N-dealkylation sites (tertiary alicyclic amines) is 1. The molecule has 0 N–H and O–H groups in total. The summed E-state index contributed by atoms with van der Waals surface area (Å²) < 4.78 is 5.44. The van der Waals surface area contributed by atoms with Crippen LogP contribution in [-0.2, 0) is 11.3 Å². The van der Waals surface area contributed by atoms with Crippen LogP contribution in [0.4, 0.5) is 4.79 Å². The van der Waals surface area contributed by atoms with Gasteiger partial charge in [0.25, 0.3) is 0 Å². The smallest absolute Gasteiger partial charge is 0.410 e. The van der Waals surface area contributed by atoms with Crippen LogP contribution in [0, 0.1) is 5.92 Å². The van der Waals surface area contributed by atoms with Crippen molar-refractivity contribution in [2.75, 3.05) is 6.54 Å². The molecule has 1 aromatic rings. The molecule has 1 fully saturated rings. The van der Waals surface area contributed by atoms with Crippen molar-refractivity contribution >= 4 is 6.09 Å². The summed E-state index contributed by atoms with van der Waals surface area (Å²) in [6.07, 6.45) is 1.94. The van der Waals surface area contributed by atoms with Gasteiger partial charge in [-0.1, -0.05) is 44.2 Å². The van der Waals surface area contributed by atoms with Gasteiger partial charge in [0.2, 0.25) is 0 Å². The second-order valence-corrected chi connectivity index (χ2v) is 5.81. The molecule has 1 atom stereocenters. The third-order valence-electron chi connectivity index (χ3n) is 4.35. The van der Waals surface area contributed by atoms with Crippen LogP contribution in [0.3, 0.4) is 0 Å². The maximum Gasteiger partial charge on any atom is 0.410 e. The van der Waals surface area contributed by atoms with E-state index in [2.05, 4.69) is 20.8 Å². The molecule has 1 unspecified atom stereocenters. The SMILES string of the molecule is CC(C)C1(C)CCCN1C(=O)OCc1ccccc1. The molecule has 0 bridgehead atoms. The van der Waals surface area contributed by atoms with Crippen LogP contribution in [0.25, 0.3) is 0 Å². The largest absolute Gasteiger partial charge is 0.445 e. The highest BCUT2D eigenvalue weighted by atomic mass is 16.6. The van der Waals surface area contributed by atoms with Crippen molar-refractivity contribution in [2.45, 2.75) is 45.8 Å². The zero-order valence-corrected chi connectivity index (χ0v) is 12.1. The molecule has 2 rings (SSSR count). The molecule has 0 saturated carbocycles. The molecule has 3 nitrogen and oxygen atoms in total.